The molecule has 4 rings (SSSR count). The SMILES string of the molecule is CCN1CCN(C(=O)C[C@H](c2ccccc2F)c2c[nH]c3ccc(OC)cc23)CC1. The normalized spacial score (nSPS) is 16.0. The number of methoxy groups -OCH3 is 1. The van der Waals surface area contributed by atoms with Crippen molar-refractivity contribution in [1.29, 1.82) is 0 Å². The van der Waals surface area contributed by atoms with E-state index in [1.54, 1.807) is 19.2 Å². The van der Waals surface area contributed by atoms with Gasteiger partial charge in [0, 0.05) is 55.6 Å². The van der Waals surface area contributed by atoms with E-state index in [4.69, 9.17) is 4.74 Å². The molecule has 1 amide bonds. The summed E-state index contributed by atoms with van der Waals surface area (Å²) in [6.07, 6.45) is 2.13. The lowest BCUT2D eigenvalue weighted by molar-refractivity contribution is -0.133. The Morgan fingerprint density at radius 1 is 1.13 bits per heavy atom. The molecule has 158 valence electrons. The van der Waals surface area contributed by atoms with E-state index in [9.17, 15) is 9.18 Å². The predicted molar refractivity (Wildman–Crippen MR) is 116 cm³/mol. The van der Waals surface area contributed by atoms with Crippen molar-refractivity contribution in [2.24, 2.45) is 0 Å². The van der Waals surface area contributed by atoms with Gasteiger partial charge in [0.05, 0.1) is 7.11 Å². The lowest BCUT2D eigenvalue weighted by Gasteiger charge is -2.35. The molecule has 1 aliphatic rings. The molecule has 3 aromatic rings. The number of ether oxygens (including phenoxy) is 1. The lowest BCUT2D eigenvalue weighted by atomic mass is 9.87. The number of H-pyrrole nitrogens is 1. The number of nitrogens with one attached hydrogen (secondary N) is 1. The molecule has 1 saturated heterocycles. The van der Waals surface area contributed by atoms with Crippen LogP contribution >= 0.6 is 0 Å². The fourth-order valence-electron chi connectivity index (χ4n) is 4.30. The monoisotopic (exact) mass is 409 g/mol. The number of aromatic nitrogens is 1. The van der Waals surface area contributed by atoms with Crippen LogP contribution < -0.4 is 4.74 Å². The molecule has 1 fully saturated rings. The molecule has 2 heterocycles. The summed E-state index contributed by atoms with van der Waals surface area (Å²) in [6.45, 7) is 6.35. The van der Waals surface area contributed by atoms with Crippen LogP contribution in [0.3, 0.4) is 0 Å². The molecule has 1 aliphatic heterocycles. The van der Waals surface area contributed by atoms with Gasteiger partial charge in [0.25, 0.3) is 0 Å². The van der Waals surface area contributed by atoms with Crippen LogP contribution in [0.1, 0.15) is 30.4 Å². The molecule has 0 spiro atoms. The zero-order valence-electron chi connectivity index (χ0n) is 17.5. The standard InChI is InChI=1S/C24H28FN3O2/c1-3-27-10-12-28(13-11-27)24(29)15-19(18-6-4-5-7-22(18)25)21-16-26-23-9-8-17(30-2)14-20(21)23/h4-9,14,16,19,26H,3,10-13,15H2,1-2H3/t19-/m1/s1. The number of carbonyl (C=O) groups excluding carboxylic acids is 1. The van der Waals surface area contributed by atoms with Gasteiger partial charge in [0.15, 0.2) is 0 Å². The van der Waals surface area contributed by atoms with E-state index in [1.165, 1.54) is 6.07 Å². The molecule has 30 heavy (non-hydrogen) atoms. The second kappa shape index (κ2) is 8.88. The molecule has 5 nitrogen and oxygen atoms in total. The smallest absolute Gasteiger partial charge is 0.223 e. The number of nitrogens with zero attached hydrogens (tertiary/aromatic N) is 2. The maximum Gasteiger partial charge on any atom is 0.223 e. The van der Waals surface area contributed by atoms with Crippen LogP contribution in [-0.2, 0) is 4.79 Å². The van der Waals surface area contributed by atoms with E-state index in [0.717, 1.165) is 54.9 Å². The fraction of sp³-hybridized carbons (Fsp3) is 0.375. The highest BCUT2D eigenvalue weighted by atomic mass is 19.1. The first-order valence-corrected chi connectivity index (χ1v) is 10.5. The van der Waals surface area contributed by atoms with Crippen molar-refractivity contribution < 1.29 is 13.9 Å². The summed E-state index contributed by atoms with van der Waals surface area (Å²) in [6, 6.07) is 12.5. The van der Waals surface area contributed by atoms with E-state index in [-0.39, 0.29) is 24.1 Å². The number of hydrogen-bond donors (Lipinski definition) is 1. The second-order valence-electron chi connectivity index (χ2n) is 7.75. The zero-order chi connectivity index (χ0) is 21.1. The van der Waals surface area contributed by atoms with Gasteiger partial charge in [-0.2, -0.15) is 0 Å². The van der Waals surface area contributed by atoms with Gasteiger partial charge in [-0.15, -0.1) is 0 Å². The number of hydrogen-bond acceptors (Lipinski definition) is 3. The number of aromatic amines is 1. The van der Waals surface area contributed by atoms with Gasteiger partial charge < -0.3 is 19.5 Å². The van der Waals surface area contributed by atoms with Crippen LogP contribution in [0.5, 0.6) is 5.75 Å². The molecular weight excluding hydrogens is 381 g/mol. The summed E-state index contributed by atoms with van der Waals surface area (Å²) in [5, 5.41) is 0.950. The number of piperazine rings is 1. The summed E-state index contributed by atoms with van der Waals surface area (Å²) in [4.78, 5) is 20.7. The molecule has 0 saturated carbocycles. The maximum atomic E-state index is 14.8. The molecule has 2 aromatic carbocycles. The number of benzene rings is 2. The number of rotatable bonds is 6. The van der Waals surface area contributed by atoms with E-state index in [1.807, 2.05) is 35.4 Å². The molecular formula is C24H28FN3O2. The van der Waals surface area contributed by atoms with E-state index in [0.29, 0.717) is 5.56 Å². The van der Waals surface area contributed by atoms with Crippen LogP contribution in [0.2, 0.25) is 0 Å². The fourth-order valence-corrected chi connectivity index (χ4v) is 4.30. The Hall–Kier alpha value is -2.86. The first-order chi connectivity index (χ1) is 14.6. The van der Waals surface area contributed by atoms with Gasteiger partial charge >= 0.3 is 0 Å². The Morgan fingerprint density at radius 3 is 2.60 bits per heavy atom. The maximum absolute atomic E-state index is 14.8. The van der Waals surface area contributed by atoms with Gasteiger partial charge in [-0.1, -0.05) is 25.1 Å². The minimum absolute atomic E-state index is 0.0660. The number of halogens is 1. The Balaban J connectivity index is 1.68. The van der Waals surface area contributed by atoms with Crippen LogP contribution in [0.4, 0.5) is 4.39 Å². The van der Waals surface area contributed by atoms with Gasteiger partial charge in [0.1, 0.15) is 11.6 Å². The largest absolute Gasteiger partial charge is 0.497 e. The average molecular weight is 410 g/mol. The van der Waals surface area contributed by atoms with Crippen molar-refractivity contribution in [3.63, 3.8) is 0 Å². The molecule has 6 heteroatoms. The number of likely N-dealkylation sites (N-methyl/N-ethyl adjacent to an activating group) is 1. The second-order valence-corrected chi connectivity index (χ2v) is 7.75. The summed E-state index contributed by atoms with van der Waals surface area (Å²) in [5.74, 6) is 0.140. The Bertz CT molecular complexity index is 1020. The van der Waals surface area contributed by atoms with E-state index < -0.39 is 0 Å². The summed E-state index contributed by atoms with van der Waals surface area (Å²) >= 11 is 0. The Morgan fingerprint density at radius 2 is 1.90 bits per heavy atom. The highest BCUT2D eigenvalue weighted by Gasteiger charge is 2.28. The van der Waals surface area contributed by atoms with Crippen molar-refractivity contribution in [3.05, 3.63) is 65.6 Å². The van der Waals surface area contributed by atoms with Crippen molar-refractivity contribution >= 4 is 16.8 Å². The molecule has 0 bridgehead atoms. The number of fused-ring (bicyclic) bond motifs is 1. The lowest BCUT2D eigenvalue weighted by Crippen LogP contribution is -2.48. The van der Waals surface area contributed by atoms with Crippen molar-refractivity contribution in [2.75, 3.05) is 39.8 Å². The predicted octanol–water partition coefficient (Wildman–Crippen LogP) is 4.00. The Kier molecular flexibility index (Phi) is 6.04. The van der Waals surface area contributed by atoms with Gasteiger partial charge in [0.2, 0.25) is 5.91 Å². The summed E-state index contributed by atoms with van der Waals surface area (Å²) < 4.78 is 20.2. The molecule has 1 N–H and O–H groups in total. The molecule has 0 aliphatic carbocycles. The third-order valence-corrected chi connectivity index (χ3v) is 6.13. The zero-order valence-corrected chi connectivity index (χ0v) is 17.5. The third-order valence-electron chi connectivity index (χ3n) is 6.13. The van der Waals surface area contributed by atoms with Crippen molar-refractivity contribution in [1.82, 2.24) is 14.8 Å². The minimum atomic E-state index is -0.372. The van der Waals surface area contributed by atoms with E-state index >= 15 is 0 Å². The first kappa shape index (κ1) is 20.4. The molecule has 0 unspecified atom stereocenters. The van der Waals surface area contributed by atoms with Gasteiger partial charge in [-0.05, 0) is 41.9 Å². The van der Waals surface area contributed by atoms with Crippen LogP contribution in [0.15, 0.2) is 48.7 Å². The van der Waals surface area contributed by atoms with Crippen molar-refractivity contribution in [2.45, 2.75) is 19.3 Å². The van der Waals surface area contributed by atoms with Crippen LogP contribution in [0.25, 0.3) is 10.9 Å². The highest BCUT2D eigenvalue weighted by molar-refractivity contribution is 5.87. The van der Waals surface area contributed by atoms with Crippen LogP contribution in [0, 0.1) is 5.82 Å². The topological polar surface area (TPSA) is 48.6 Å². The van der Waals surface area contributed by atoms with Crippen molar-refractivity contribution in [3.8, 4) is 5.75 Å². The quantitative estimate of drug-likeness (QED) is 0.669. The Labute approximate surface area is 176 Å². The average Bonchev–Trinajstić information content (AvgIpc) is 3.21. The first-order valence-electron chi connectivity index (χ1n) is 10.5. The number of carbonyl (C=O) groups is 1. The van der Waals surface area contributed by atoms with Gasteiger partial charge in [-0.3, -0.25) is 4.79 Å². The third kappa shape index (κ3) is 4.05. The molecule has 1 aromatic heterocycles. The summed E-state index contributed by atoms with van der Waals surface area (Å²) in [5.41, 5.74) is 2.40. The van der Waals surface area contributed by atoms with Crippen LogP contribution in [-0.4, -0.2) is 60.5 Å². The van der Waals surface area contributed by atoms with Gasteiger partial charge in [-0.25, -0.2) is 4.39 Å². The molecule has 0 radical (unpaired) electrons. The number of amides is 1. The molecule has 1 atom stereocenters. The minimum Gasteiger partial charge on any atom is -0.497 e. The highest BCUT2D eigenvalue weighted by Crippen LogP contribution is 2.36. The summed E-state index contributed by atoms with van der Waals surface area (Å²) in [7, 11) is 1.63. The van der Waals surface area contributed by atoms with E-state index in [2.05, 4.69) is 16.8 Å².